The number of aryl methyl sites for hydroxylation is 2. The third-order valence-electron chi connectivity index (χ3n) is 3.23. The van der Waals surface area contributed by atoms with Gasteiger partial charge in [0.2, 0.25) is 0 Å². The smallest absolute Gasteiger partial charge is 0.162 e. The van der Waals surface area contributed by atoms with Crippen LogP contribution >= 0.6 is 0 Å². The SMILES string of the molecule is Cc1nc(-c2ccoc2)nc(C)c1CCNC(C)(C)C. The number of aromatic nitrogens is 2. The second kappa shape index (κ2) is 5.75. The first-order chi connectivity index (χ1) is 9.37. The number of nitrogens with one attached hydrogen (secondary N) is 1. The fourth-order valence-corrected chi connectivity index (χ4v) is 2.18. The fourth-order valence-electron chi connectivity index (χ4n) is 2.18. The van der Waals surface area contributed by atoms with Crippen LogP contribution in [0, 0.1) is 13.8 Å². The van der Waals surface area contributed by atoms with Crippen LogP contribution in [0.25, 0.3) is 11.4 Å². The number of hydrogen-bond donors (Lipinski definition) is 1. The highest BCUT2D eigenvalue weighted by molar-refractivity contribution is 5.53. The molecule has 2 heterocycles. The summed E-state index contributed by atoms with van der Waals surface area (Å²) in [6.45, 7) is 11.5. The van der Waals surface area contributed by atoms with Gasteiger partial charge in [-0.2, -0.15) is 0 Å². The molecule has 0 saturated carbocycles. The van der Waals surface area contributed by atoms with Crippen LogP contribution < -0.4 is 5.32 Å². The first-order valence-corrected chi connectivity index (χ1v) is 6.98. The summed E-state index contributed by atoms with van der Waals surface area (Å²) in [5, 5.41) is 3.50. The average molecular weight is 273 g/mol. The number of nitrogens with zero attached hydrogens (tertiary/aromatic N) is 2. The zero-order valence-corrected chi connectivity index (χ0v) is 12.9. The van der Waals surface area contributed by atoms with Gasteiger partial charge in [0.05, 0.1) is 11.8 Å². The number of hydrogen-bond acceptors (Lipinski definition) is 4. The number of furan rings is 1. The third-order valence-corrected chi connectivity index (χ3v) is 3.23. The van der Waals surface area contributed by atoms with Crippen molar-refractivity contribution in [2.45, 2.75) is 46.6 Å². The molecular formula is C16H23N3O. The summed E-state index contributed by atoms with van der Waals surface area (Å²) in [7, 11) is 0. The number of rotatable bonds is 4. The van der Waals surface area contributed by atoms with Crippen LogP contribution in [0.4, 0.5) is 0 Å². The molecule has 2 rings (SSSR count). The van der Waals surface area contributed by atoms with Gasteiger partial charge in [0, 0.05) is 16.9 Å². The molecule has 0 amide bonds. The molecule has 0 saturated heterocycles. The van der Waals surface area contributed by atoms with E-state index in [1.54, 1.807) is 12.5 Å². The maximum Gasteiger partial charge on any atom is 0.162 e. The van der Waals surface area contributed by atoms with Crippen molar-refractivity contribution < 1.29 is 4.42 Å². The molecular weight excluding hydrogens is 250 g/mol. The average Bonchev–Trinajstić information content (AvgIpc) is 2.84. The molecule has 0 aliphatic heterocycles. The molecule has 4 heteroatoms. The molecule has 2 aromatic rings. The molecule has 1 N–H and O–H groups in total. The summed E-state index contributed by atoms with van der Waals surface area (Å²) in [5.41, 5.74) is 4.39. The minimum atomic E-state index is 0.138. The van der Waals surface area contributed by atoms with Crippen LogP contribution in [-0.2, 0) is 6.42 Å². The summed E-state index contributed by atoms with van der Waals surface area (Å²) in [6, 6.07) is 1.88. The van der Waals surface area contributed by atoms with Gasteiger partial charge in [-0.25, -0.2) is 9.97 Å². The lowest BCUT2D eigenvalue weighted by Gasteiger charge is -2.21. The highest BCUT2D eigenvalue weighted by atomic mass is 16.3. The molecule has 2 aromatic heterocycles. The predicted octanol–water partition coefficient (Wildman–Crippen LogP) is 3.28. The van der Waals surface area contributed by atoms with Gasteiger partial charge < -0.3 is 9.73 Å². The summed E-state index contributed by atoms with van der Waals surface area (Å²) >= 11 is 0. The van der Waals surface area contributed by atoms with E-state index in [4.69, 9.17) is 4.42 Å². The van der Waals surface area contributed by atoms with E-state index in [9.17, 15) is 0 Å². The van der Waals surface area contributed by atoms with Crippen molar-refractivity contribution in [2.75, 3.05) is 6.54 Å². The van der Waals surface area contributed by atoms with Crippen LogP contribution in [0.3, 0.4) is 0 Å². The quantitative estimate of drug-likeness (QED) is 0.928. The Morgan fingerprint density at radius 1 is 1.15 bits per heavy atom. The fraction of sp³-hybridized carbons (Fsp3) is 0.500. The molecule has 0 aliphatic carbocycles. The monoisotopic (exact) mass is 273 g/mol. The molecule has 0 radical (unpaired) electrons. The van der Waals surface area contributed by atoms with Crippen LogP contribution in [-0.4, -0.2) is 22.1 Å². The molecule has 0 aromatic carbocycles. The van der Waals surface area contributed by atoms with Gasteiger partial charge in [-0.3, -0.25) is 0 Å². The standard InChI is InChI=1S/C16H23N3O/c1-11-14(6-8-17-16(3,4)5)12(2)19-15(18-11)13-7-9-20-10-13/h7,9-10,17H,6,8H2,1-5H3. The van der Waals surface area contributed by atoms with Crippen molar-refractivity contribution in [3.63, 3.8) is 0 Å². The summed E-state index contributed by atoms with van der Waals surface area (Å²) in [5.74, 6) is 0.737. The van der Waals surface area contributed by atoms with Crippen molar-refractivity contribution in [3.05, 3.63) is 35.5 Å². The molecule has 0 aliphatic rings. The zero-order valence-electron chi connectivity index (χ0n) is 12.9. The van der Waals surface area contributed by atoms with Crippen molar-refractivity contribution in [1.82, 2.24) is 15.3 Å². The lowest BCUT2D eigenvalue weighted by molar-refractivity contribution is 0.429. The Kier molecular flexibility index (Phi) is 4.23. The largest absolute Gasteiger partial charge is 0.472 e. The van der Waals surface area contributed by atoms with E-state index in [2.05, 4.69) is 36.1 Å². The van der Waals surface area contributed by atoms with Gasteiger partial charge in [-0.1, -0.05) is 0 Å². The van der Waals surface area contributed by atoms with Crippen molar-refractivity contribution >= 4 is 0 Å². The highest BCUT2D eigenvalue weighted by Crippen LogP contribution is 2.19. The Morgan fingerprint density at radius 3 is 2.30 bits per heavy atom. The van der Waals surface area contributed by atoms with Gasteiger partial charge in [0.1, 0.15) is 6.26 Å². The van der Waals surface area contributed by atoms with Gasteiger partial charge in [-0.05, 0) is 59.2 Å². The first-order valence-electron chi connectivity index (χ1n) is 6.98. The van der Waals surface area contributed by atoms with E-state index >= 15 is 0 Å². The van der Waals surface area contributed by atoms with Gasteiger partial charge in [-0.15, -0.1) is 0 Å². The van der Waals surface area contributed by atoms with Gasteiger partial charge in [0.15, 0.2) is 5.82 Å². The summed E-state index contributed by atoms with van der Waals surface area (Å²) < 4.78 is 5.09. The van der Waals surface area contributed by atoms with E-state index in [1.807, 2.05) is 19.9 Å². The second-order valence-electron chi connectivity index (χ2n) is 6.14. The van der Waals surface area contributed by atoms with E-state index in [0.717, 1.165) is 35.7 Å². The van der Waals surface area contributed by atoms with E-state index < -0.39 is 0 Å². The Balaban J connectivity index is 2.15. The minimum absolute atomic E-state index is 0.138. The van der Waals surface area contributed by atoms with Gasteiger partial charge in [0.25, 0.3) is 0 Å². The normalized spacial score (nSPS) is 11.8. The predicted molar refractivity (Wildman–Crippen MR) is 80.7 cm³/mol. The molecule has 20 heavy (non-hydrogen) atoms. The molecule has 0 fully saturated rings. The van der Waals surface area contributed by atoms with Crippen molar-refractivity contribution in [3.8, 4) is 11.4 Å². The molecule has 0 atom stereocenters. The Labute approximate surface area is 120 Å². The topological polar surface area (TPSA) is 51.0 Å². The summed E-state index contributed by atoms with van der Waals surface area (Å²) in [4.78, 5) is 9.19. The first kappa shape index (κ1) is 14.7. The van der Waals surface area contributed by atoms with Crippen LogP contribution in [0.5, 0.6) is 0 Å². The molecule has 0 bridgehead atoms. The molecule has 0 unspecified atom stereocenters. The van der Waals surface area contributed by atoms with Crippen molar-refractivity contribution in [2.24, 2.45) is 0 Å². The van der Waals surface area contributed by atoms with E-state index in [0.29, 0.717) is 0 Å². The third kappa shape index (κ3) is 3.67. The minimum Gasteiger partial charge on any atom is -0.472 e. The van der Waals surface area contributed by atoms with Crippen LogP contribution in [0.2, 0.25) is 0 Å². The summed E-state index contributed by atoms with van der Waals surface area (Å²) in [6.07, 6.45) is 4.26. The lowest BCUT2D eigenvalue weighted by atomic mass is 10.1. The highest BCUT2D eigenvalue weighted by Gasteiger charge is 2.12. The Morgan fingerprint density at radius 2 is 1.80 bits per heavy atom. The maximum atomic E-state index is 5.09. The molecule has 4 nitrogen and oxygen atoms in total. The Bertz CT molecular complexity index is 545. The second-order valence-corrected chi connectivity index (χ2v) is 6.14. The molecule has 0 spiro atoms. The molecule has 108 valence electrons. The lowest BCUT2D eigenvalue weighted by Crippen LogP contribution is -2.37. The van der Waals surface area contributed by atoms with Crippen LogP contribution in [0.15, 0.2) is 23.0 Å². The van der Waals surface area contributed by atoms with Gasteiger partial charge >= 0.3 is 0 Å². The zero-order chi connectivity index (χ0) is 14.8. The van der Waals surface area contributed by atoms with E-state index in [-0.39, 0.29) is 5.54 Å². The Hall–Kier alpha value is -1.68. The van der Waals surface area contributed by atoms with Crippen molar-refractivity contribution in [1.29, 1.82) is 0 Å². The van der Waals surface area contributed by atoms with Crippen LogP contribution in [0.1, 0.15) is 37.7 Å². The maximum absolute atomic E-state index is 5.09. The van der Waals surface area contributed by atoms with E-state index in [1.165, 1.54) is 5.56 Å².